The van der Waals surface area contributed by atoms with Gasteiger partial charge in [-0.25, -0.2) is 5.01 Å². The Morgan fingerprint density at radius 2 is 1.68 bits per heavy atom. The number of hydrogen-bond donors (Lipinski definition) is 1. The van der Waals surface area contributed by atoms with Gasteiger partial charge in [-0.1, -0.05) is 60.1 Å². The minimum Gasteiger partial charge on any atom is -0.493 e. The van der Waals surface area contributed by atoms with Crippen molar-refractivity contribution in [3.63, 3.8) is 0 Å². The van der Waals surface area contributed by atoms with Crippen LogP contribution in [0.2, 0.25) is 5.02 Å². The van der Waals surface area contributed by atoms with Crippen molar-refractivity contribution in [2.45, 2.75) is 6.61 Å². The molecule has 1 heterocycles. The number of halogens is 1. The molecule has 1 aliphatic rings. The quantitative estimate of drug-likeness (QED) is 0.461. The molecule has 0 radical (unpaired) electrons. The molecule has 1 fully saturated rings. The van der Waals surface area contributed by atoms with E-state index in [1.807, 2.05) is 36.4 Å². The van der Waals surface area contributed by atoms with Gasteiger partial charge in [-0.15, -0.1) is 0 Å². The summed E-state index contributed by atoms with van der Waals surface area (Å²) in [6.07, 6.45) is 1.47. The predicted molar refractivity (Wildman–Crippen MR) is 119 cm³/mol. The van der Waals surface area contributed by atoms with Gasteiger partial charge in [0.1, 0.15) is 12.2 Å². The maximum Gasteiger partial charge on any atom is 0.282 e. The van der Waals surface area contributed by atoms with Gasteiger partial charge >= 0.3 is 0 Å². The standard InChI is InChI=1S/C24H19ClN2O4/c1-30-21-14-18(25)12-17(22(21)31-15-16-8-4-2-5-9-16)13-20-23(28)26-27(24(20)29)19-10-6-3-7-11-19/h2-14H,15H2,1H3,(H,26,28)/b20-13+. The van der Waals surface area contributed by atoms with Crippen molar-refractivity contribution in [1.82, 2.24) is 5.43 Å². The number of amides is 2. The van der Waals surface area contributed by atoms with E-state index in [-0.39, 0.29) is 12.2 Å². The second-order valence-electron chi connectivity index (χ2n) is 6.78. The molecule has 1 aliphatic heterocycles. The number of nitrogens with zero attached hydrogens (tertiary/aromatic N) is 1. The Morgan fingerprint density at radius 3 is 2.35 bits per heavy atom. The van der Waals surface area contributed by atoms with Crippen LogP contribution < -0.4 is 19.9 Å². The molecule has 6 nitrogen and oxygen atoms in total. The topological polar surface area (TPSA) is 67.9 Å². The smallest absolute Gasteiger partial charge is 0.282 e. The molecule has 0 spiro atoms. The molecule has 0 aliphatic carbocycles. The zero-order valence-corrected chi connectivity index (χ0v) is 17.4. The second-order valence-corrected chi connectivity index (χ2v) is 7.21. The number of benzene rings is 3. The molecule has 0 atom stereocenters. The van der Waals surface area contributed by atoms with Gasteiger partial charge < -0.3 is 9.47 Å². The van der Waals surface area contributed by atoms with Gasteiger partial charge in [0.05, 0.1) is 12.8 Å². The van der Waals surface area contributed by atoms with E-state index < -0.39 is 11.8 Å². The molecule has 0 aromatic heterocycles. The molecule has 0 unspecified atom stereocenters. The lowest BCUT2D eigenvalue weighted by Gasteiger charge is -2.15. The van der Waals surface area contributed by atoms with Crippen LogP contribution in [0.25, 0.3) is 6.08 Å². The highest BCUT2D eigenvalue weighted by molar-refractivity contribution is 6.32. The van der Waals surface area contributed by atoms with Crippen LogP contribution in [0.4, 0.5) is 5.69 Å². The van der Waals surface area contributed by atoms with E-state index in [1.54, 1.807) is 36.4 Å². The van der Waals surface area contributed by atoms with E-state index >= 15 is 0 Å². The monoisotopic (exact) mass is 434 g/mol. The summed E-state index contributed by atoms with van der Waals surface area (Å²) in [6.45, 7) is 0.283. The molecular weight excluding hydrogens is 416 g/mol. The summed E-state index contributed by atoms with van der Waals surface area (Å²) in [7, 11) is 1.50. The third-order valence-electron chi connectivity index (χ3n) is 4.70. The van der Waals surface area contributed by atoms with Crippen molar-refractivity contribution in [2.24, 2.45) is 0 Å². The van der Waals surface area contributed by atoms with Crippen molar-refractivity contribution in [3.8, 4) is 11.5 Å². The minimum atomic E-state index is -0.512. The van der Waals surface area contributed by atoms with Crippen LogP contribution in [0.5, 0.6) is 11.5 Å². The molecule has 1 N–H and O–H groups in total. The van der Waals surface area contributed by atoms with E-state index in [1.165, 1.54) is 18.2 Å². The van der Waals surface area contributed by atoms with Gasteiger partial charge in [-0.05, 0) is 29.8 Å². The minimum absolute atomic E-state index is 0.0299. The third kappa shape index (κ3) is 4.39. The van der Waals surface area contributed by atoms with Crippen LogP contribution in [0.3, 0.4) is 0 Å². The summed E-state index contributed by atoms with van der Waals surface area (Å²) >= 11 is 6.24. The van der Waals surface area contributed by atoms with Gasteiger partial charge in [-0.2, -0.15) is 0 Å². The number of anilines is 1. The summed E-state index contributed by atoms with van der Waals surface area (Å²) in [5.41, 5.74) is 4.54. The molecule has 7 heteroatoms. The predicted octanol–water partition coefficient (Wildman–Crippen LogP) is 4.39. The Bertz CT molecular complexity index is 1150. The maximum atomic E-state index is 12.9. The summed E-state index contributed by atoms with van der Waals surface area (Å²) in [6, 6.07) is 21.7. The molecular formula is C24H19ClN2O4. The molecule has 1 saturated heterocycles. The number of ether oxygens (including phenoxy) is 2. The van der Waals surface area contributed by atoms with Crippen LogP contribution in [0.1, 0.15) is 11.1 Å². The molecule has 2 amide bonds. The summed E-state index contributed by atoms with van der Waals surface area (Å²) in [4.78, 5) is 25.5. The first-order valence-corrected chi connectivity index (χ1v) is 9.91. The largest absolute Gasteiger partial charge is 0.493 e. The number of hydrazine groups is 1. The Kier molecular flexibility index (Phi) is 5.91. The fraction of sp³-hybridized carbons (Fsp3) is 0.0833. The van der Waals surface area contributed by atoms with Crippen LogP contribution in [0.15, 0.2) is 78.4 Å². The fourth-order valence-electron chi connectivity index (χ4n) is 3.20. The third-order valence-corrected chi connectivity index (χ3v) is 4.92. The highest BCUT2D eigenvalue weighted by Gasteiger charge is 2.34. The number of rotatable bonds is 6. The van der Waals surface area contributed by atoms with Crippen LogP contribution in [0, 0.1) is 0 Å². The second kappa shape index (κ2) is 8.93. The van der Waals surface area contributed by atoms with Crippen molar-refractivity contribution < 1.29 is 19.1 Å². The average molecular weight is 435 g/mol. The van der Waals surface area contributed by atoms with Gasteiger partial charge in [0, 0.05) is 16.7 Å². The summed E-state index contributed by atoms with van der Waals surface area (Å²) in [5, 5.41) is 1.60. The zero-order valence-electron chi connectivity index (χ0n) is 16.7. The van der Waals surface area contributed by atoms with Crippen molar-refractivity contribution in [2.75, 3.05) is 12.1 Å². The van der Waals surface area contributed by atoms with Gasteiger partial charge in [0.15, 0.2) is 11.5 Å². The van der Waals surface area contributed by atoms with Crippen LogP contribution in [-0.4, -0.2) is 18.9 Å². The van der Waals surface area contributed by atoms with E-state index in [9.17, 15) is 9.59 Å². The number of carbonyl (C=O) groups excluding carboxylic acids is 2. The molecule has 31 heavy (non-hydrogen) atoms. The van der Waals surface area contributed by atoms with Crippen molar-refractivity contribution in [1.29, 1.82) is 0 Å². The fourth-order valence-corrected chi connectivity index (χ4v) is 3.42. The van der Waals surface area contributed by atoms with Gasteiger partial charge in [0.25, 0.3) is 11.8 Å². The number of carbonyl (C=O) groups is 2. The van der Waals surface area contributed by atoms with Crippen molar-refractivity contribution >= 4 is 35.2 Å². The molecule has 3 aromatic carbocycles. The summed E-state index contributed by atoms with van der Waals surface area (Å²) < 4.78 is 11.4. The average Bonchev–Trinajstić information content (AvgIpc) is 3.07. The summed E-state index contributed by atoms with van der Waals surface area (Å²) in [5.74, 6) is -0.186. The Hall–Kier alpha value is -3.77. The van der Waals surface area contributed by atoms with Crippen LogP contribution >= 0.6 is 11.6 Å². The Labute approximate surface area is 184 Å². The lowest BCUT2D eigenvalue weighted by molar-refractivity contribution is -0.117. The number of hydrogen-bond acceptors (Lipinski definition) is 4. The highest BCUT2D eigenvalue weighted by atomic mass is 35.5. The number of para-hydroxylation sites is 1. The van der Waals surface area contributed by atoms with Crippen molar-refractivity contribution in [3.05, 3.63) is 94.5 Å². The maximum absolute atomic E-state index is 12.9. The molecule has 3 aromatic rings. The lowest BCUT2D eigenvalue weighted by atomic mass is 10.1. The normalized spacial score (nSPS) is 14.6. The van der Waals surface area contributed by atoms with Gasteiger partial charge in [-0.3, -0.25) is 15.0 Å². The molecule has 4 rings (SSSR count). The first-order valence-electron chi connectivity index (χ1n) is 9.53. The lowest BCUT2D eigenvalue weighted by Crippen LogP contribution is -2.35. The molecule has 0 bridgehead atoms. The highest BCUT2D eigenvalue weighted by Crippen LogP contribution is 2.37. The first kappa shape index (κ1) is 20.5. The molecule has 156 valence electrons. The number of methoxy groups -OCH3 is 1. The Balaban J connectivity index is 1.70. The van der Waals surface area contributed by atoms with Crippen LogP contribution in [-0.2, 0) is 16.2 Å². The first-order chi connectivity index (χ1) is 15.1. The Morgan fingerprint density at radius 1 is 1.00 bits per heavy atom. The zero-order chi connectivity index (χ0) is 21.8. The molecule has 0 saturated carbocycles. The SMILES string of the molecule is COc1cc(Cl)cc(/C=C2\C(=O)NN(c3ccccc3)C2=O)c1OCc1ccccc1. The number of nitrogens with one attached hydrogen (secondary N) is 1. The van der Waals surface area contributed by atoms with Gasteiger partial charge in [0.2, 0.25) is 0 Å². The van der Waals surface area contributed by atoms with E-state index in [2.05, 4.69) is 5.43 Å². The van der Waals surface area contributed by atoms with E-state index in [4.69, 9.17) is 21.1 Å². The van der Waals surface area contributed by atoms with E-state index in [0.29, 0.717) is 27.8 Å². The van der Waals surface area contributed by atoms with E-state index in [0.717, 1.165) is 5.56 Å².